The Hall–Kier alpha value is -0.930. The summed E-state index contributed by atoms with van der Waals surface area (Å²) in [5, 5.41) is 3.43. The molecule has 0 aliphatic rings. The zero-order valence-corrected chi connectivity index (χ0v) is 12.4. The van der Waals surface area contributed by atoms with Crippen molar-refractivity contribution in [1.82, 2.24) is 15.2 Å². The van der Waals surface area contributed by atoms with Crippen LogP contribution >= 0.6 is 0 Å². The van der Waals surface area contributed by atoms with Crippen LogP contribution in [-0.4, -0.2) is 36.1 Å². The van der Waals surface area contributed by atoms with Gasteiger partial charge >= 0.3 is 0 Å². The number of likely N-dealkylation sites (N-methyl/N-ethyl adjacent to an activating group) is 2. The number of nitrogens with one attached hydrogen (secondary N) is 1. The second kappa shape index (κ2) is 6.86. The summed E-state index contributed by atoms with van der Waals surface area (Å²) < 4.78 is 0. The Labute approximate surface area is 112 Å². The molecule has 1 heterocycles. The summed E-state index contributed by atoms with van der Waals surface area (Å²) in [6, 6.07) is 6.59. The summed E-state index contributed by atoms with van der Waals surface area (Å²) in [5.41, 5.74) is 1.41. The minimum Gasteiger partial charge on any atom is -0.315 e. The molecule has 0 aliphatic heterocycles. The van der Waals surface area contributed by atoms with Gasteiger partial charge < -0.3 is 5.32 Å². The lowest BCUT2D eigenvalue weighted by Crippen LogP contribution is -2.47. The fourth-order valence-electron chi connectivity index (χ4n) is 2.08. The predicted octanol–water partition coefficient (Wildman–Crippen LogP) is 2.54. The number of aromatic nitrogens is 1. The van der Waals surface area contributed by atoms with Crippen molar-refractivity contribution >= 4 is 0 Å². The molecule has 0 bridgehead atoms. The minimum absolute atomic E-state index is 0.270. The molecule has 102 valence electrons. The van der Waals surface area contributed by atoms with E-state index in [1.165, 1.54) is 0 Å². The van der Waals surface area contributed by atoms with Crippen LogP contribution in [0.5, 0.6) is 0 Å². The van der Waals surface area contributed by atoms with Crippen LogP contribution < -0.4 is 5.32 Å². The van der Waals surface area contributed by atoms with Crippen molar-refractivity contribution < 1.29 is 0 Å². The van der Waals surface area contributed by atoms with Crippen LogP contribution in [-0.2, 0) is 6.54 Å². The average Bonchev–Trinajstić information content (AvgIpc) is 2.34. The van der Waals surface area contributed by atoms with Gasteiger partial charge in [-0.1, -0.05) is 33.8 Å². The van der Waals surface area contributed by atoms with E-state index in [0.29, 0.717) is 6.04 Å². The molecule has 3 heteroatoms. The topological polar surface area (TPSA) is 28.2 Å². The molecule has 1 atom stereocenters. The average molecular weight is 249 g/mol. The maximum absolute atomic E-state index is 4.40. The van der Waals surface area contributed by atoms with E-state index in [4.69, 9.17) is 0 Å². The summed E-state index contributed by atoms with van der Waals surface area (Å²) in [6.45, 7) is 12.1. The van der Waals surface area contributed by atoms with E-state index in [0.717, 1.165) is 25.3 Å². The summed E-state index contributed by atoms with van der Waals surface area (Å²) in [4.78, 5) is 6.84. The van der Waals surface area contributed by atoms with Crippen LogP contribution in [0.2, 0.25) is 0 Å². The molecular formula is C15H27N3. The molecule has 0 aliphatic carbocycles. The fraction of sp³-hybridized carbons (Fsp3) is 0.667. The van der Waals surface area contributed by atoms with E-state index in [2.05, 4.69) is 55.0 Å². The molecule has 1 aromatic rings. The van der Waals surface area contributed by atoms with Crippen LogP contribution in [0, 0.1) is 5.41 Å². The molecule has 1 N–H and O–H groups in total. The molecule has 0 radical (unpaired) electrons. The van der Waals surface area contributed by atoms with Crippen molar-refractivity contribution in [3.63, 3.8) is 0 Å². The maximum Gasteiger partial charge on any atom is 0.0543 e. The largest absolute Gasteiger partial charge is 0.315 e. The minimum atomic E-state index is 0.270. The SMILES string of the molecule is CCN(Cc1ccccn1)CC(NC)C(C)(C)C. The van der Waals surface area contributed by atoms with Gasteiger partial charge in [-0.2, -0.15) is 0 Å². The van der Waals surface area contributed by atoms with Crippen LogP contribution in [0.15, 0.2) is 24.4 Å². The number of pyridine rings is 1. The first kappa shape index (κ1) is 15.1. The standard InChI is InChI=1S/C15H27N3/c1-6-18(11-13-9-7-8-10-17-13)12-14(16-5)15(2,3)4/h7-10,14,16H,6,11-12H2,1-5H3. The van der Waals surface area contributed by atoms with Crippen LogP contribution in [0.4, 0.5) is 0 Å². The van der Waals surface area contributed by atoms with Gasteiger partial charge in [-0.15, -0.1) is 0 Å². The lowest BCUT2D eigenvalue weighted by molar-refractivity contribution is 0.178. The molecule has 1 unspecified atom stereocenters. The maximum atomic E-state index is 4.40. The highest BCUT2D eigenvalue weighted by Gasteiger charge is 2.24. The van der Waals surface area contributed by atoms with Crippen LogP contribution in [0.1, 0.15) is 33.4 Å². The molecule has 0 fully saturated rings. The molecule has 0 saturated heterocycles. The van der Waals surface area contributed by atoms with Crippen molar-refractivity contribution in [3.8, 4) is 0 Å². The smallest absolute Gasteiger partial charge is 0.0543 e. The van der Waals surface area contributed by atoms with Crippen molar-refractivity contribution in [2.45, 2.75) is 40.3 Å². The third kappa shape index (κ3) is 4.75. The van der Waals surface area contributed by atoms with Gasteiger partial charge in [0.1, 0.15) is 0 Å². The zero-order chi connectivity index (χ0) is 13.6. The molecule has 3 nitrogen and oxygen atoms in total. The Kier molecular flexibility index (Phi) is 5.76. The van der Waals surface area contributed by atoms with E-state index in [-0.39, 0.29) is 5.41 Å². The molecule has 1 rings (SSSR count). The molecule has 0 spiro atoms. The predicted molar refractivity (Wildman–Crippen MR) is 77.5 cm³/mol. The van der Waals surface area contributed by atoms with Gasteiger partial charge in [0.05, 0.1) is 5.69 Å². The van der Waals surface area contributed by atoms with E-state index < -0.39 is 0 Å². The highest BCUT2D eigenvalue weighted by atomic mass is 15.2. The highest BCUT2D eigenvalue weighted by Crippen LogP contribution is 2.20. The molecule has 18 heavy (non-hydrogen) atoms. The van der Waals surface area contributed by atoms with Crippen molar-refractivity contribution in [2.75, 3.05) is 20.1 Å². The lowest BCUT2D eigenvalue weighted by Gasteiger charge is -2.34. The number of rotatable bonds is 6. The van der Waals surface area contributed by atoms with E-state index in [1.807, 2.05) is 19.3 Å². The molecule has 1 aromatic heterocycles. The second-order valence-electron chi connectivity index (χ2n) is 5.86. The first-order valence-electron chi connectivity index (χ1n) is 6.77. The Morgan fingerprint density at radius 2 is 2.06 bits per heavy atom. The highest BCUT2D eigenvalue weighted by molar-refractivity contribution is 5.03. The van der Waals surface area contributed by atoms with Crippen LogP contribution in [0.25, 0.3) is 0 Å². The van der Waals surface area contributed by atoms with Gasteiger partial charge in [-0.3, -0.25) is 9.88 Å². The number of hydrogen-bond donors (Lipinski definition) is 1. The summed E-state index contributed by atoms with van der Waals surface area (Å²) in [7, 11) is 2.05. The van der Waals surface area contributed by atoms with Crippen molar-refractivity contribution in [2.24, 2.45) is 5.41 Å². The van der Waals surface area contributed by atoms with E-state index in [1.54, 1.807) is 0 Å². The monoisotopic (exact) mass is 249 g/mol. The summed E-state index contributed by atoms with van der Waals surface area (Å²) in [5.74, 6) is 0. The number of nitrogens with zero attached hydrogens (tertiary/aromatic N) is 2. The quantitative estimate of drug-likeness (QED) is 0.840. The Morgan fingerprint density at radius 3 is 2.50 bits per heavy atom. The van der Waals surface area contributed by atoms with Crippen LogP contribution in [0.3, 0.4) is 0 Å². The van der Waals surface area contributed by atoms with Gasteiger partial charge in [0.2, 0.25) is 0 Å². The van der Waals surface area contributed by atoms with Crippen molar-refractivity contribution in [3.05, 3.63) is 30.1 Å². The molecule has 0 saturated carbocycles. The third-order valence-corrected chi connectivity index (χ3v) is 3.39. The Balaban J connectivity index is 2.62. The third-order valence-electron chi connectivity index (χ3n) is 3.39. The first-order valence-corrected chi connectivity index (χ1v) is 6.77. The first-order chi connectivity index (χ1) is 8.47. The summed E-state index contributed by atoms with van der Waals surface area (Å²) >= 11 is 0. The Morgan fingerprint density at radius 1 is 1.33 bits per heavy atom. The van der Waals surface area contributed by atoms with E-state index >= 15 is 0 Å². The second-order valence-corrected chi connectivity index (χ2v) is 5.86. The molecule has 0 amide bonds. The molecular weight excluding hydrogens is 222 g/mol. The fourth-order valence-corrected chi connectivity index (χ4v) is 2.08. The van der Waals surface area contributed by atoms with Crippen molar-refractivity contribution in [1.29, 1.82) is 0 Å². The lowest BCUT2D eigenvalue weighted by atomic mass is 9.86. The zero-order valence-electron chi connectivity index (χ0n) is 12.4. The number of hydrogen-bond acceptors (Lipinski definition) is 3. The molecule has 0 aromatic carbocycles. The van der Waals surface area contributed by atoms with Gasteiger partial charge in [0.15, 0.2) is 0 Å². The normalized spacial score (nSPS) is 13.9. The van der Waals surface area contributed by atoms with Gasteiger partial charge in [-0.25, -0.2) is 0 Å². The Bertz CT molecular complexity index is 329. The van der Waals surface area contributed by atoms with Gasteiger partial charge in [0, 0.05) is 25.3 Å². The van der Waals surface area contributed by atoms with E-state index in [9.17, 15) is 0 Å². The van der Waals surface area contributed by atoms with Gasteiger partial charge in [-0.05, 0) is 31.1 Å². The van der Waals surface area contributed by atoms with Gasteiger partial charge in [0.25, 0.3) is 0 Å². The summed E-state index contributed by atoms with van der Waals surface area (Å²) in [6.07, 6.45) is 1.86.